The van der Waals surface area contributed by atoms with Crippen molar-refractivity contribution >= 4 is 22.6 Å². The molecule has 0 N–H and O–H groups in total. The van der Waals surface area contributed by atoms with Crippen molar-refractivity contribution in [2.24, 2.45) is 5.92 Å². The zero-order chi connectivity index (χ0) is 14.1. The van der Waals surface area contributed by atoms with Crippen LogP contribution in [0, 0.1) is 11.7 Å². The van der Waals surface area contributed by atoms with Crippen molar-refractivity contribution in [3.05, 3.63) is 29.8 Å². The summed E-state index contributed by atoms with van der Waals surface area (Å²) in [5.41, 5.74) is 1.32. The monoisotopic (exact) mass is 294 g/mol. The molecule has 1 saturated carbocycles. The largest absolute Gasteiger partial charge is 0.326 e. The van der Waals surface area contributed by atoms with Gasteiger partial charge in [-0.05, 0) is 37.8 Å². The third kappa shape index (κ3) is 2.56. The molecule has 1 fully saturated rings. The highest BCUT2D eigenvalue weighted by atomic mass is 35.5. The SMILES string of the molecule is CC(Cl)c1nc2c(F)cccc2n1CC1CCCCC1. The molecule has 4 heteroatoms. The van der Waals surface area contributed by atoms with Crippen LogP contribution >= 0.6 is 11.6 Å². The van der Waals surface area contributed by atoms with Gasteiger partial charge >= 0.3 is 0 Å². The molecule has 1 atom stereocenters. The van der Waals surface area contributed by atoms with Crippen molar-refractivity contribution in [1.29, 1.82) is 0 Å². The quantitative estimate of drug-likeness (QED) is 0.724. The Labute approximate surface area is 123 Å². The maximum atomic E-state index is 13.9. The summed E-state index contributed by atoms with van der Waals surface area (Å²) in [7, 11) is 0. The van der Waals surface area contributed by atoms with E-state index in [-0.39, 0.29) is 11.2 Å². The number of halogens is 2. The van der Waals surface area contributed by atoms with E-state index in [1.165, 1.54) is 38.2 Å². The van der Waals surface area contributed by atoms with Gasteiger partial charge in [-0.1, -0.05) is 25.3 Å². The van der Waals surface area contributed by atoms with E-state index in [1.807, 2.05) is 13.0 Å². The lowest BCUT2D eigenvalue weighted by Crippen LogP contribution is -2.16. The van der Waals surface area contributed by atoms with Crippen molar-refractivity contribution in [1.82, 2.24) is 9.55 Å². The Bertz CT molecular complexity index is 600. The molecule has 3 rings (SSSR count). The minimum atomic E-state index is -0.261. The fourth-order valence-corrected chi connectivity index (χ4v) is 3.42. The number of hydrogen-bond acceptors (Lipinski definition) is 1. The lowest BCUT2D eigenvalue weighted by Gasteiger charge is -2.23. The summed E-state index contributed by atoms with van der Waals surface area (Å²) in [6, 6.07) is 5.15. The molecule has 1 aromatic carbocycles. The van der Waals surface area contributed by atoms with Crippen LogP contribution in [0.1, 0.15) is 50.2 Å². The molecule has 20 heavy (non-hydrogen) atoms. The van der Waals surface area contributed by atoms with E-state index in [1.54, 1.807) is 6.07 Å². The zero-order valence-electron chi connectivity index (χ0n) is 11.8. The molecule has 1 heterocycles. The number of imidazole rings is 1. The Morgan fingerprint density at radius 2 is 2.10 bits per heavy atom. The first-order valence-corrected chi connectivity index (χ1v) is 7.89. The summed E-state index contributed by atoms with van der Waals surface area (Å²) in [6.07, 6.45) is 6.46. The summed E-state index contributed by atoms with van der Waals surface area (Å²) in [4.78, 5) is 4.43. The number of benzene rings is 1. The Hall–Kier alpha value is -1.09. The van der Waals surface area contributed by atoms with Crippen LogP contribution in [0.3, 0.4) is 0 Å². The van der Waals surface area contributed by atoms with Crippen molar-refractivity contribution < 1.29 is 4.39 Å². The van der Waals surface area contributed by atoms with Crippen molar-refractivity contribution in [2.75, 3.05) is 0 Å². The lowest BCUT2D eigenvalue weighted by atomic mass is 9.89. The number of aromatic nitrogens is 2. The summed E-state index contributed by atoms with van der Waals surface area (Å²) in [5.74, 6) is 1.19. The molecule has 1 unspecified atom stereocenters. The minimum Gasteiger partial charge on any atom is -0.326 e. The topological polar surface area (TPSA) is 17.8 Å². The third-order valence-electron chi connectivity index (χ3n) is 4.28. The van der Waals surface area contributed by atoms with Gasteiger partial charge in [0.2, 0.25) is 0 Å². The average Bonchev–Trinajstić information content (AvgIpc) is 2.81. The van der Waals surface area contributed by atoms with E-state index in [0.29, 0.717) is 11.4 Å². The van der Waals surface area contributed by atoms with Gasteiger partial charge in [-0.25, -0.2) is 9.37 Å². The maximum Gasteiger partial charge on any atom is 0.151 e. The summed E-state index contributed by atoms with van der Waals surface area (Å²) in [6.45, 7) is 2.81. The van der Waals surface area contributed by atoms with E-state index in [2.05, 4.69) is 9.55 Å². The Morgan fingerprint density at radius 3 is 2.80 bits per heavy atom. The van der Waals surface area contributed by atoms with Gasteiger partial charge in [0.15, 0.2) is 5.82 Å². The fraction of sp³-hybridized carbons (Fsp3) is 0.562. The van der Waals surface area contributed by atoms with Gasteiger partial charge in [0, 0.05) is 6.54 Å². The van der Waals surface area contributed by atoms with Crippen LogP contribution in [-0.4, -0.2) is 9.55 Å². The Kier molecular flexibility index (Phi) is 3.97. The number of para-hydroxylation sites is 1. The van der Waals surface area contributed by atoms with Gasteiger partial charge in [-0.2, -0.15) is 0 Å². The van der Waals surface area contributed by atoms with Crippen LogP contribution in [0.25, 0.3) is 11.0 Å². The van der Waals surface area contributed by atoms with E-state index in [9.17, 15) is 4.39 Å². The number of nitrogens with zero attached hydrogens (tertiary/aromatic N) is 2. The van der Waals surface area contributed by atoms with Gasteiger partial charge in [-0.3, -0.25) is 0 Å². The first-order chi connectivity index (χ1) is 9.66. The summed E-state index contributed by atoms with van der Waals surface area (Å²) in [5, 5.41) is -0.203. The molecule has 0 radical (unpaired) electrons. The molecule has 1 aliphatic rings. The van der Waals surface area contributed by atoms with Crippen LogP contribution in [0.4, 0.5) is 4.39 Å². The normalized spacial score (nSPS) is 18.6. The molecule has 0 aliphatic heterocycles. The summed E-state index contributed by atoms with van der Waals surface area (Å²) < 4.78 is 16.0. The molecule has 2 nitrogen and oxygen atoms in total. The van der Waals surface area contributed by atoms with Gasteiger partial charge < -0.3 is 4.57 Å². The third-order valence-corrected chi connectivity index (χ3v) is 4.48. The van der Waals surface area contributed by atoms with Crippen LogP contribution in [0.5, 0.6) is 0 Å². The van der Waals surface area contributed by atoms with Crippen molar-refractivity contribution in [3.63, 3.8) is 0 Å². The zero-order valence-corrected chi connectivity index (χ0v) is 12.5. The highest BCUT2D eigenvalue weighted by molar-refractivity contribution is 6.20. The number of alkyl halides is 1. The van der Waals surface area contributed by atoms with Crippen molar-refractivity contribution in [2.45, 2.75) is 50.9 Å². The highest BCUT2D eigenvalue weighted by Crippen LogP contribution is 2.30. The second-order valence-corrected chi connectivity index (χ2v) is 6.46. The fourth-order valence-electron chi connectivity index (χ4n) is 3.25. The number of hydrogen-bond donors (Lipinski definition) is 0. The first kappa shape index (κ1) is 13.9. The number of rotatable bonds is 3. The highest BCUT2D eigenvalue weighted by Gasteiger charge is 2.21. The molecule has 0 bridgehead atoms. The van der Waals surface area contributed by atoms with E-state index >= 15 is 0 Å². The lowest BCUT2D eigenvalue weighted by molar-refractivity contribution is 0.319. The standard InChI is InChI=1S/C16H20ClFN2/c1-11(17)16-19-15-13(18)8-5-9-14(15)20(16)10-12-6-3-2-4-7-12/h5,8-9,11-12H,2-4,6-7,10H2,1H3. The molecule has 1 aromatic heterocycles. The van der Waals surface area contributed by atoms with E-state index in [0.717, 1.165) is 17.9 Å². The van der Waals surface area contributed by atoms with Gasteiger partial charge in [0.25, 0.3) is 0 Å². The van der Waals surface area contributed by atoms with Gasteiger partial charge in [0.1, 0.15) is 11.3 Å². The van der Waals surface area contributed by atoms with Crippen LogP contribution in [-0.2, 0) is 6.54 Å². The second-order valence-electron chi connectivity index (χ2n) is 5.81. The predicted octanol–water partition coefficient (Wildman–Crippen LogP) is 5.06. The van der Waals surface area contributed by atoms with Crippen LogP contribution in [0.2, 0.25) is 0 Å². The van der Waals surface area contributed by atoms with Gasteiger partial charge in [-0.15, -0.1) is 11.6 Å². The second kappa shape index (κ2) is 5.72. The molecule has 1 aliphatic carbocycles. The van der Waals surface area contributed by atoms with Crippen molar-refractivity contribution in [3.8, 4) is 0 Å². The van der Waals surface area contributed by atoms with Crippen LogP contribution < -0.4 is 0 Å². The average molecular weight is 295 g/mol. The van der Waals surface area contributed by atoms with Crippen LogP contribution in [0.15, 0.2) is 18.2 Å². The summed E-state index contributed by atoms with van der Waals surface area (Å²) >= 11 is 6.24. The van der Waals surface area contributed by atoms with E-state index < -0.39 is 0 Å². The molecule has 0 saturated heterocycles. The Balaban J connectivity index is 2.02. The minimum absolute atomic E-state index is 0.203. The van der Waals surface area contributed by atoms with Gasteiger partial charge in [0.05, 0.1) is 10.9 Å². The molecule has 2 aromatic rings. The van der Waals surface area contributed by atoms with E-state index in [4.69, 9.17) is 11.6 Å². The first-order valence-electron chi connectivity index (χ1n) is 7.45. The maximum absolute atomic E-state index is 13.9. The molecule has 0 amide bonds. The number of fused-ring (bicyclic) bond motifs is 1. The smallest absolute Gasteiger partial charge is 0.151 e. The Morgan fingerprint density at radius 1 is 1.35 bits per heavy atom. The molecular formula is C16H20ClFN2. The molecule has 0 spiro atoms. The molecule has 108 valence electrons. The predicted molar refractivity (Wildman–Crippen MR) is 80.5 cm³/mol. The molecular weight excluding hydrogens is 275 g/mol.